The van der Waals surface area contributed by atoms with Crippen molar-refractivity contribution in [2.75, 3.05) is 42.9 Å². The van der Waals surface area contributed by atoms with Crippen LogP contribution in [-0.4, -0.2) is 69.9 Å². The van der Waals surface area contributed by atoms with E-state index >= 15 is 0 Å². The van der Waals surface area contributed by atoms with Crippen molar-refractivity contribution < 1.29 is 13.3 Å². The highest BCUT2D eigenvalue weighted by Crippen LogP contribution is 2.30. The lowest BCUT2D eigenvalue weighted by Crippen LogP contribution is -2.49. The van der Waals surface area contributed by atoms with Crippen LogP contribution < -0.4 is 10.2 Å². The Morgan fingerprint density at radius 2 is 1.87 bits per heavy atom. The molecule has 0 amide bonds. The second-order valence-corrected chi connectivity index (χ2v) is 12.3. The molecule has 1 aliphatic rings. The minimum atomic E-state index is -3.62. The molecular weight excluding hydrogens is 552 g/mol. The van der Waals surface area contributed by atoms with Gasteiger partial charge in [-0.25, -0.2) is 13.4 Å². The molecule has 3 aromatic heterocycles. The molecule has 15 heteroatoms. The summed E-state index contributed by atoms with van der Waals surface area (Å²) in [6, 6.07) is 9.42. The summed E-state index contributed by atoms with van der Waals surface area (Å²) in [6.45, 7) is 5.98. The van der Waals surface area contributed by atoms with Gasteiger partial charge in [0.05, 0.1) is 22.1 Å². The first-order chi connectivity index (χ1) is 18.3. The van der Waals surface area contributed by atoms with Crippen LogP contribution in [0.5, 0.6) is 0 Å². The summed E-state index contributed by atoms with van der Waals surface area (Å²) in [5.74, 6) is 0.987. The van der Waals surface area contributed by atoms with Crippen LogP contribution in [0.2, 0.25) is 4.34 Å². The van der Waals surface area contributed by atoms with Crippen molar-refractivity contribution in [1.29, 1.82) is 0 Å². The zero-order chi connectivity index (χ0) is 26.9. The number of thiophene rings is 1. The summed E-state index contributed by atoms with van der Waals surface area (Å²) in [7, 11) is -3.62. The number of aromatic nitrogens is 4. The molecule has 1 N–H and O–H groups in total. The number of hydrogen-bond donors (Lipinski definition) is 1. The Kier molecular flexibility index (Phi) is 7.29. The van der Waals surface area contributed by atoms with Crippen LogP contribution in [0.25, 0.3) is 11.2 Å². The molecule has 1 aromatic carbocycles. The third-order valence-corrected chi connectivity index (χ3v) is 9.63. The molecular formula is C23H23ClN8O4S2. The van der Waals surface area contributed by atoms with Gasteiger partial charge in [-0.1, -0.05) is 29.8 Å². The maximum atomic E-state index is 13.0. The van der Waals surface area contributed by atoms with Gasteiger partial charge in [0, 0.05) is 44.9 Å². The fourth-order valence-electron chi connectivity index (χ4n) is 4.09. The first-order valence-corrected chi connectivity index (χ1v) is 14.2. The molecule has 4 aromatic rings. The topological polar surface area (TPSA) is 139 Å². The molecule has 0 bridgehead atoms. The number of hydrogen-bond acceptors (Lipinski definition) is 10. The number of halogens is 1. The largest absolute Gasteiger partial charge is 0.365 e. The predicted octanol–water partition coefficient (Wildman–Crippen LogP) is 3.61. The van der Waals surface area contributed by atoms with E-state index in [2.05, 4.69) is 21.9 Å². The number of non-ortho nitro benzene ring substituents is 1. The molecule has 5 rings (SSSR count). The number of nitro benzene ring substituents is 1. The van der Waals surface area contributed by atoms with E-state index in [4.69, 9.17) is 16.6 Å². The average Bonchev–Trinajstić information content (AvgIpc) is 3.54. The van der Waals surface area contributed by atoms with Crippen molar-refractivity contribution in [2.45, 2.75) is 10.8 Å². The summed E-state index contributed by atoms with van der Waals surface area (Å²) in [5.41, 5.74) is 2.03. The molecule has 0 saturated carbocycles. The summed E-state index contributed by atoms with van der Waals surface area (Å²) >= 11 is 6.99. The van der Waals surface area contributed by atoms with E-state index in [-0.39, 0.29) is 23.0 Å². The van der Waals surface area contributed by atoms with E-state index in [1.54, 1.807) is 30.6 Å². The van der Waals surface area contributed by atoms with Crippen molar-refractivity contribution in [3.63, 3.8) is 0 Å². The van der Waals surface area contributed by atoms with Crippen LogP contribution >= 0.6 is 22.9 Å². The first-order valence-electron chi connectivity index (χ1n) is 11.6. The van der Waals surface area contributed by atoms with Gasteiger partial charge < -0.3 is 14.8 Å². The summed E-state index contributed by atoms with van der Waals surface area (Å²) in [4.78, 5) is 26.4. The van der Waals surface area contributed by atoms with Crippen LogP contribution in [0.3, 0.4) is 0 Å². The van der Waals surface area contributed by atoms with Gasteiger partial charge in [-0.05, 0) is 17.7 Å². The number of nitrogens with zero attached hydrogens (tertiary/aromatic N) is 7. The number of imidazole rings is 1. The lowest BCUT2D eigenvalue weighted by atomic mass is 10.2. The Morgan fingerprint density at radius 3 is 2.50 bits per heavy atom. The van der Waals surface area contributed by atoms with E-state index in [1.165, 1.54) is 22.5 Å². The normalized spacial score (nSPS) is 14.6. The molecule has 38 heavy (non-hydrogen) atoms. The molecule has 12 nitrogen and oxygen atoms in total. The minimum absolute atomic E-state index is 0.0214. The van der Waals surface area contributed by atoms with Crippen LogP contribution in [0.4, 0.5) is 17.5 Å². The van der Waals surface area contributed by atoms with Gasteiger partial charge in [0.15, 0.2) is 17.0 Å². The van der Waals surface area contributed by atoms with E-state index in [9.17, 15) is 18.5 Å². The van der Waals surface area contributed by atoms with Crippen molar-refractivity contribution in [3.8, 4) is 0 Å². The highest BCUT2D eigenvalue weighted by Gasteiger charge is 2.31. The monoisotopic (exact) mass is 574 g/mol. The van der Waals surface area contributed by atoms with E-state index < -0.39 is 14.9 Å². The Balaban J connectivity index is 1.41. The van der Waals surface area contributed by atoms with Crippen molar-refractivity contribution >= 4 is 61.6 Å². The Labute approximate surface area is 227 Å². The number of nitro groups is 1. The molecule has 1 aliphatic heterocycles. The number of nitrogens with one attached hydrogen (secondary N) is 1. The van der Waals surface area contributed by atoms with Gasteiger partial charge in [-0.15, -0.1) is 17.9 Å². The van der Waals surface area contributed by atoms with Gasteiger partial charge in [-0.3, -0.25) is 10.1 Å². The summed E-state index contributed by atoms with van der Waals surface area (Å²) in [6.07, 6.45) is 3.36. The molecule has 0 aliphatic carbocycles. The quantitative estimate of drug-likeness (QED) is 0.180. The van der Waals surface area contributed by atoms with Gasteiger partial charge in [0.25, 0.3) is 15.7 Å². The van der Waals surface area contributed by atoms with Crippen LogP contribution in [0.15, 0.2) is 59.6 Å². The zero-order valence-electron chi connectivity index (χ0n) is 20.0. The summed E-state index contributed by atoms with van der Waals surface area (Å²) in [5, 5.41) is 14.2. The molecule has 1 fully saturated rings. The fourth-order valence-corrected chi connectivity index (χ4v) is 7.15. The SMILES string of the molecule is C=CCNc1nc(N2CCN(S(=O)(=O)c3ccc(Cl)s3)CC2)nc2c1ncn2Cc1ccc([N+](=O)[O-])cc1. The summed E-state index contributed by atoms with van der Waals surface area (Å²) < 4.78 is 29.9. The standard InChI is InChI=1S/C23H23ClN8O4S2/c1-2-9-25-21-20-22(30(15-26-20)14-16-3-5-17(6-4-16)32(33)34)28-23(27-21)29-10-12-31(13-11-29)38(35,36)19-8-7-18(24)37-19/h2-8,15H,1,9-14H2,(H,25,27,28). The maximum Gasteiger partial charge on any atom is 0.269 e. The van der Waals surface area contributed by atoms with Crippen LogP contribution in [0.1, 0.15) is 5.56 Å². The van der Waals surface area contributed by atoms with Gasteiger partial charge in [0.2, 0.25) is 5.95 Å². The molecule has 198 valence electrons. The zero-order valence-corrected chi connectivity index (χ0v) is 22.4. The minimum Gasteiger partial charge on any atom is -0.365 e. The molecule has 0 atom stereocenters. The molecule has 4 heterocycles. The van der Waals surface area contributed by atoms with Crippen molar-refractivity contribution in [1.82, 2.24) is 23.8 Å². The van der Waals surface area contributed by atoms with Gasteiger partial charge in [-0.2, -0.15) is 14.3 Å². The average molecular weight is 575 g/mol. The first kappa shape index (κ1) is 26.0. The Bertz CT molecular complexity index is 1600. The van der Waals surface area contributed by atoms with E-state index in [0.717, 1.165) is 16.9 Å². The fraction of sp³-hybridized carbons (Fsp3) is 0.261. The molecule has 0 spiro atoms. The van der Waals surface area contributed by atoms with Crippen molar-refractivity contribution in [3.05, 3.63) is 75.4 Å². The number of piperazine rings is 1. The van der Waals surface area contributed by atoms with Crippen LogP contribution in [0, 0.1) is 10.1 Å². The molecule has 0 unspecified atom stereocenters. The van der Waals surface area contributed by atoms with Gasteiger partial charge >= 0.3 is 0 Å². The lowest BCUT2D eigenvalue weighted by Gasteiger charge is -2.33. The second kappa shape index (κ2) is 10.6. The number of sulfonamides is 1. The highest BCUT2D eigenvalue weighted by molar-refractivity contribution is 7.91. The third-order valence-electron chi connectivity index (χ3n) is 6.03. The number of fused-ring (bicyclic) bond motifs is 1. The Hall–Kier alpha value is -3.59. The van der Waals surface area contributed by atoms with Gasteiger partial charge in [0.1, 0.15) is 4.21 Å². The van der Waals surface area contributed by atoms with Crippen LogP contribution in [-0.2, 0) is 16.6 Å². The molecule has 1 saturated heterocycles. The second-order valence-electron chi connectivity index (χ2n) is 8.46. The smallest absolute Gasteiger partial charge is 0.269 e. The lowest BCUT2D eigenvalue weighted by molar-refractivity contribution is -0.384. The number of anilines is 2. The highest BCUT2D eigenvalue weighted by atomic mass is 35.5. The molecule has 0 radical (unpaired) electrons. The van der Waals surface area contributed by atoms with E-state index in [0.29, 0.717) is 53.4 Å². The Morgan fingerprint density at radius 1 is 1.13 bits per heavy atom. The third kappa shape index (κ3) is 5.20. The van der Waals surface area contributed by atoms with E-state index in [1.807, 2.05) is 9.47 Å². The number of benzene rings is 1. The predicted molar refractivity (Wildman–Crippen MR) is 147 cm³/mol. The van der Waals surface area contributed by atoms with Crippen molar-refractivity contribution in [2.24, 2.45) is 0 Å². The maximum absolute atomic E-state index is 13.0. The number of rotatable bonds is 9.